The highest BCUT2D eigenvalue weighted by Crippen LogP contribution is 2.24. The Bertz CT molecular complexity index is 319. The lowest BCUT2D eigenvalue weighted by atomic mass is 10.2. The van der Waals surface area contributed by atoms with E-state index in [-0.39, 0.29) is 6.54 Å². The van der Waals surface area contributed by atoms with Gasteiger partial charge >= 0.3 is 12.1 Å². The van der Waals surface area contributed by atoms with Gasteiger partial charge in [-0.25, -0.2) is 4.79 Å². The summed E-state index contributed by atoms with van der Waals surface area (Å²) in [5.41, 5.74) is 4.81. The molecule has 0 aliphatic carbocycles. The number of amides is 1. The van der Waals surface area contributed by atoms with Crippen LogP contribution >= 0.6 is 0 Å². The molecule has 1 saturated heterocycles. The Labute approximate surface area is 95.7 Å². The minimum Gasteiger partial charge on any atom is -0.467 e. The monoisotopic (exact) mass is 254 g/mol. The van der Waals surface area contributed by atoms with Crippen LogP contribution in [-0.2, 0) is 14.3 Å². The number of hydrogen-bond donors (Lipinski definition) is 1. The minimum atomic E-state index is -4.81. The third-order valence-corrected chi connectivity index (χ3v) is 2.63. The van der Waals surface area contributed by atoms with Crippen LogP contribution in [0.1, 0.15) is 12.8 Å². The Morgan fingerprint density at radius 3 is 2.53 bits per heavy atom. The summed E-state index contributed by atoms with van der Waals surface area (Å²) in [7, 11) is 1.12. The van der Waals surface area contributed by atoms with Crippen molar-refractivity contribution in [1.82, 2.24) is 4.90 Å². The number of esters is 1. The average Bonchev–Trinajstić information content (AvgIpc) is 2.73. The van der Waals surface area contributed by atoms with E-state index in [1.54, 1.807) is 0 Å². The van der Waals surface area contributed by atoms with Crippen molar-refractivity contribution in [3.8, 4) is 0 Å². The van der Waals surface area contributed by atoms with Crippen molar-refractivity contribution < 1.29 is 27.5 Å². The molecule has 1 aliphatic heterocycles. The molecule has 1 rings (SSSR count). The van der Waals surface area contributed by atoms with Crippen molar-refractivity contribution in [2.24, 2.45) is 5.73 Å². The molecule has 1 unspecified atom stereocenters. The normalized spacial score (nSPS) is 22.4. The van der Waals surface area contributed by atoms with Gasteiger partial charge in [0.25, 0.3) is 0 Å². The fourth-order valence-corrected chi connectivity index (χ4v) is 1.73. The lowest BCUT2D eigenvalue weighted by Crippen LogP contribution is -2.54. The highest BCUT2D eigenvalue weighted by molar-refractivity contribution is 5.88. The van der Waals surface area contributed by atoms with Crippen LogP contribution < -0.4 is 5.73 Å². The van der Waals surface area contributed by atoms with Crippen LogP contribution in [-0.4, -0.2) is 48.7 Å². The quantitative estimate of drug-likeness (QED) is 0.706. The van der Waals surface area contributed by atoms with Crippen LogP contribution in [0.25, 0.3) is 0 Å². The van der Waals surface area contributed by atoms with Gasteiger partial charge in [-0.1, -0.05) is 0 Å². The molecule has 0 saturated carbocycles. The number of nitrogens with two attached hydrogens (primary N) is 1. The molecule has 0 aromatic carbocycles. The van der Waals surface area contributed by atoms with Gasteiger partial charge < -0.3 is 15.4 Å². The van der Waals surface area contributed by atoms with Gasteiger partial charge in [0.05, 0.1) is 7.11 Å². The number of alkyl halides is 3. The Morgan fingerprint density at radius 1 is 1.47 bits per heavy atom. The number of halogens is 3. The molecule has 8 heteroatoms. The van der Waals surface area contributed by atoms with Gasteiger partial charge in [0.2, 0.25) is 5.91 Å². The van der Waals surface area contributed by atoms with E-state index in [0.29, 0.717) is 12.8 Å². The van der Waals surface area contributed by atoms with E-state index in [0.717, 1.165) is 12.0 Å². The molecule has 0 bridgehead atoms. The number of hydrogen-bond acceptors (Lipinski definition) is 4. The molecule has 0 radical (unpaired) electrons. The largest absolute Gasteiger partial charge is 0.467 e. The third kappa shape index (κ3) is 2.87. The molecule has 1 fully saturated rings. The fourth-order valence-electron chi connectivity index (χ4n) is 1.73. The molecule has 2 N–H and O–H groups in total. The van der Waals surface area contributed by atoms with Gasteiger partial charge in [-0.3, -0.25) is 4.79 Å². The van der Waals surface area contributed by atoms with Crippen molar-refractivity contribution in [3.05, 3.63) is 0 Å². The van der Waals surface area contributed by atoms with Gasteiger partial charge in [-0.15, -0.1) is 0 Å². The first-order chi connectivity index (χ1) is 7.79. The summed E-state index contributed by atoms with van der Waals surface area (Å²) >= 11 is 0. The maximum atomic E-state index is 12.3. The SMILES string of the molecule is COC(=O)[C@@H]1CCCN1C(=O)C(N)C(F)(F)F. The Kier molecular flexibility index (Phi) is 3.97. The first-order valence-corrected chi connectivity index (χ1v) is 4.99. The summed E-state index contributed by atoms with van der Waals surface area (Å²) in [6, 6.07) is -3.55. The topological polar surface area (TPSA) is 72.6 Å². The molecule has 0 aromatic rings. The summed E-state index contributed by atoms with van der Waals surface area (Å²) in [4.78, 5) is 23.6. The molecule has 2 atom stereocenters. The van der Waals surface area contributed by atoms with Crippen LogP contribution in [0.3, 0.4) is 0 Å². The van der Waals surface area contributed by atoms with Crippen molar-refractivity contribution in [2.75, 3.05) is 13.7 Å². The standard InChI is InChI=1S/C9H13F3N2O3/c1-17-8(16)5-3-2-4-14(5)7(15)6(13)9(10,11)12/h5-6H,2-4,13H2,1H3/t5-,6?/m0/s1. The van der Waals surface area contributed by atoms with E-state index in [4.69, 9.17) is 5.73 Å². The molecule has 0 spiro atoms. The second kappa shape index (κ2) is 4.91. The van der Waals surface area contributed by atoms with Crippen LogP contribution in [0.15, 0.2) is 0 Å². The van der Waals surface area contributed by atoms with Gasteiger partial charge in [-0.05, 0) is 12.8 Å². The predicted molar refractivity (Wildman–Crippen MR) is 50.8 cm³/mol. The zero-order valence-corrected chi connectivity index (χ0v) is 9.16. The van der Waals surface area contributed by atoms with Gasteiger partial charge in [0.1, 0.15) is 6.04 Å². The molecular weight excluding hydrogens is 241 g/mol. The van der Waals surface area contributed by atoms with Crippen LogP contribution in [0.4, 0.5) is 13.2 Å². The van der Waals surface area contributed by atoms with E-state index in [1.807, 2.05) is 0 Å². The summed E-state index contributed by atoms with van der Waals surface area (Å²) in [6.45, 7) is 0.0857. The Balaban J connectivity index is 2.78. The molecule has 1 heterocycles. The highest BCUT2D eigenvalue weighted by Gasteiger charge is 2.47. The zero-order chi connectivity index (χ0) is 13.2. The van der Waals surface area contributed by atoms with Gasteiger partial charge in [0.15, 0.2) is 6.04 Å². The summed E-state index contributed by atoms with van der Waals surface area (Å²) < 4.78 is 41.2. The Hall–Kier alpha value is -1.31. The zero-order valence-electron chi connectivity index (χ0n) is 9.16. The maximum absolute atomic E-state index is 12.3. The van der Waals surface area contributed by atoms with Crippen LogP contribution in [0.5, 0.6) is 0 Å². The lowest BCUT2D eigenvalue weighted by molar-refractivity contribution is -0.173. The van der Waals surface area contributed by atoms with Crippen LogP contribution in [0, 0.1) is 0 Å². The fraction of sp³-hybridized carbons (Fsp3) is 0.778. The van der Waals surface area contributed by atoms with Crippen molar-refractivity contribution in [2.45, 2.75) is 31.1 Å². The number of carbonyl (C=O) groups is 2. The summed E-state index contributed by atoms with van der Waals surface area (Å²) in [6.07, 6.45) is -4.06. The Morgan fingerprint density at radius 2 is 2.06 bits per heavy atom. The smallest absolute Gasteiger partial charge is 0.412 e. The number of ether oxygens (including phenoxy) is 1. The summed E-state index contributed by atoms with van der Waals surface area (Å²) in [5.74, 6) is -2.00. The molecular formula is C9H13F3N2O3. The number of nitrogens with zero attached hydrogens (tertiary/aromatic N) is 1. The van der Waals surface area contributed by atoms with Crippen molar-refractivity contribution >= 4 is 11.9 Å². The van der Waals surface area contributed by atoms with E-state index >= 15 is 0 Å². The second-order valence-corrected chi connectivity index (χ2v) is 3.73. The molecule has 17 heavy (non-hydrogen) atoms. The minimum absolute atomic E-state index is 0.0857. The van der Waals surface area contributed by atoms with Gasteiger partial charge in [-0.2, -0.15) is 13.2 Å². The highest BCUT2D eigenvalue weighted by atomic mass is 19.4. The van der Waals surface area contributed by atoms with Gasteiger partial charge in [0, 0.05) is 6.54 Å². The number of carbonyl (C=O) groups excluding carboxylic acids is 2. The molecule has 1 amide bonds. The molecule has 0 aromatic heterocycles. The molecule has 98 valence electrons. The van der Waals surface area contributed by atoms with E-state index in [1.165, 1.54) is 0 Å². The molecule has 5 nitrogen and oxygen atoms in total. The van der Waals surface area contributed by atoms with Crippen molar-refractivity contribution in [1.29, 1.82) is 0 Å². The van der Waals surface area contributed by atoms with E-state index in [2.05, 4.69) is 4.74 Å². The number of methoxy groups -OCH3 is 1. The number of rotatable bonds is 2. The second-order valence-electron chi connectivity index (χ2n) is 3.73. The average molecular weight is 254 g/mol. The van der Waals surface area contributed by atoms with E-state index < -0.39 is 30.1 Å². The predicted octanol–water partition coefficient (Wildman–Crippen LogP) is 0.0400. The first kappa shape index (κ1) is 13.8. The van der Waals surface area contributed by atoms with Crippen LogP contribution in [0.2, 0.25) is 0 Å². The molecule has 1 aliphatic rings. The van der Waals surface area contributed by atoms with E-state index in [9.17, 15) is 22.8 Å². The summed E-state index contributed by atoms with van der Waals surface area (Å²) in [5, 5.41) is 0. The lowest BCUT2D eigenvalue weighted by Gasteiger charge is -2.26. The third-order valence-electron chi connectivity index (χ3n) is 2.63. The van der Waals surface area contributed by atoms with Crippen molar-refractivity contribution in [3.63, 3.8) is 0 Å². The maximum Gasteiger partial charge on any atom is 0.412 e. The first-order valence-electron chi connectivity index (χ1n) is 4.99. The number of likely N-dealkylation sites (tertiary alicyclic amines) is 1.